The van der Waals surface area contributed by atoms with Gasteiger partial charge in [-0.15, -0.1) is 12.4 Å². The number of carbonyl (C=O) groups is 2. The molecule has 0 radical (unpaired) electrons. The molecule has 3 aromatic carbocycles. The van der Waals surface area contributed by atoms with Crippen molar-refractivity contribution >= 4 is 30.2 Å². The van der Waals surface area contributed by atoms with E-state index >= 15 is 0 Å². The molecule has 0 unspecified atom stereocenters. The fourth-order valence-corrected chi connectivity index (χ4v) is 4.91. The lowest BCUT2D eigenvalue weighted by molar-refractivity contribution is -0.130. The summed E-state index contributed by atoms with van der Waals surface area (Å²) in [7, 11) is 1.61. The van der Waals surface area contributed by atoms with Gasteiger partial charge in [0.05, 0.1) is 6.54 Å². The van der Waals surface area contributed by atoms with Gasteiger partial charge in [-0.05, 0) is 77.7 Å². The number of aromatic nitrogens is 1. The maximum absolute atomic E-state index is 14.1. The zero-order valence-electron chi connectivity index (χ0n) is 22.7. The fraction of sp³-hybridized carbons (Fsp3) is 0.161. The average Bonchev–Trinajstić information content (AvgIpc) is 3.20. The lowest BCUT2D eigenvalue weighted by Gasteiger charge is -2.27. The summed E-state index contributed by atoms with van der Waals surface area (Å²) in [6.07, 6.45) is 0. The summed E-state index contributed by atoms with van der Waals surface area (Å²) < 4.78 is 40.8. The predicted molar refractivity (Wildman–Crippen MR) is 154 cm³/mol. The standard InChI is InChI=1S/C31H26F3N5O2.ClH/c1-19-15-21(16-27(36-19)28(40)38(2)17-20-3-9-24(32)10-4-20)18-39-29(41)31(37-30(39)35,22-5-11-25(33)12-6-22)23-7-13-26(34)14-8-23;/h3-16H,17-18H2,1-2H3,(H2,35,37);1H. The number of hydrogen-bond acceptors (Lipinski definition) is 5. The monoisotopic (exact) mass is 593 g/mol. The van der Waals surface area contributed by atoms with Gasteiger partial charge in [-0.25, -0.2) is 23.1 Å². The Morgan fingerprint density at radius 1 is 0.857 bits per heavy atom. The van der Waals surface area contributed by atoms with E-state index in [2.05, 4.69) is 9.98 Å². The molecule has 2 amide bonds. The highest BCUT2D eigenvalue weighted by Gasteiger charge is 2.50. The summed E-state index contributed by atoms with van der Waals surface area (Å²) in [5, 5.41) is 0. The van der Waals surface area contributed by atoms with Crippen LogP contribution in [0.3, 0.4) is 0 Å². The minimum Gasteiger partial charge on any atom is -0.369 e. The maximum Gasteiger partial charge on any atom is 0.272 e. The Hall–Kier alpha value is -4.70. The molecule has 1 aromatic heterocycles. The molecule has 0 saturated carbocycles. The van der Waals surface area contributed by atoms with Gasteiger partial charge in [-0.1, -0.05) is 36.4 Å². The van der Waals surface area contributed by atoms with Crippen molar-refractivity contribution < 1.29 is 22.8 Å². The molecule has 1 aliphatic heterocycles. The highest BCUT2D eigenvalue weighted by atomic mass is 35.5. The third-order valence-corrected chi connectivity index (χ3v) is 6.89. The second kappa shape index (κ2) is 12.0. The van der Waals surface area contributed by atoms with Crippen LogP contribution in [-0.2, 0) is 23.4 Å². The van der Waals surface area contributed by atoms with Crippen LogP contribution in [0.15, 0.2) is 89.9 Å². The maximum atomic E-state index is 14.1. The third-order valence-electron chi connectivity index (χ3n) is 6.89. The summed E-state index contributed by atoms with van der Waals surface area (Å²) in [4.78, 5) is 39.0. The van der Waals surface area contributed by atoms with E-state index in [0.717, 1.165) is 5.56 Å². The van der Waals surface area contributed by atoms with Gasteiger partial charge in [-0.2, -0.15) is 0 Å². The summed E-state index contributed by atoms with van der Waals surface area (Å²) in [5.74, 6) is -2.30. The first kappa shape index (κ1) is 30.3. The van der Waals surface area contributed by atoms with Gasteiger partial charge >= 0.3 is 0 Å². The average molecular weight is 594 g/mol. The Morgan fingerprint density at radius 3 is 1.88 bits per heavy atom. The Balaban J connectivity index is 0.00000405. The van der Waals surface area contributed by atoms with Crippen molar-refractivity contribution in [3.8, 4) is 0 Å². The number of halogens is 4. The van der Waals surface area contributed by atoms with Crippen molar-refractivity contribution in [3.63, 3.8) is 0 Å². The Morgan fingerprint density at radius 2 is 1.36 bits per heavy atom. The van der Waals surface area contributed by atoms with Crippen molar-refractivity contribution in [3.05, 3.63) is 136 Å². The van der Waals surface area contributed by atoms with E-state index in [0.29, 0.717) is 22.4 Å². The molecule has 5 rings (SSSR count). The van der Waals surface area contributed by atoms with Crippen molar-refractivity contribution in [2.24, 2.45) is 10.7 Å². The summed E-state index contributed by atoms with van der Waals surface area (Å²) in [6.45, 7) is 1.95. The molecular formula is C31H27ClF3N5O2. The second-order valence-electron chi connectivity index (χ2n) is 9.88. The first-order chi connectivity index (χ1) is 19.6. The van der Waals surface area contributed by atoms with Gasteiger partial charge in [0.2, 0.25) is 0 Å². The van der Waals surface area contributed by atoms with Crippen LogP contribution in [0, 0.1) is 24.4 Å². The summed E-state index contributed by atoms with van der Waals surface area (Å²) in [5.41, 5.74) is 7.42. The highest BCUT2D eigenvalue weighted by Crippen LogP contribution is 2.40. The zero-order valence-corrected chi connectivity index (χ0v) is 23.5. The van der Waals surface area contributed by atoms with E-state index in [-0.39, 0.29) is 48.9 Å². The van der Waals surface area contributed by atoms with E-state index in [4.69, 9.17) is 5.73 Å². The molecule has 0 fully saturated rings. The van der Waals surface area contributed by atoms with Crippen molar-refractivity contribution in [1.82, 2.24) is 14.8 Å². The summed E-state index contributed by atoms with van der Waals surface area (Å²) in [6, 6.07) is 19.8. The largest absolute Gasteiger partial charge is 0.369 e. The van der Waals surface area contributed by atoms with Crippen molar-refractivity contribution in [2.75, 3.05) is 7.05 Å². The molecule has 2 N–H and O–H groups in total. The molecule has 0 bridgehead atoms. The van der Waals surface area contributed by atoms with Gasteiger partial charge < -0.3 is 10.6 Å². The Kier molecular flexibility index (Phi) is 8.67. The first-order valence-electron chi connectivity index (χ1n) is 12.7. The molecule has 216 valence electrons. The lowest BCUT2D eigenvalue weighted by Crippen LogP contribution is -2.43. The number of guanidine groups is 1. The number of hydrogen-bond donors (Lipinski definition) is 1. The van der Waals surface area contributed by atoms with Gasteiger partial charge in [-0.3, -0.25) is 14.5 Å². The van der Waals surface area contributed by atoms with Gasteiger partial charge in [0.25, 0.3) is 11.8 Å². The van der Waals surface area contributed by atoms with Crippen LogP contribution in [0.5, 0.6) is 0 Å². The molecule has 2 heterocycles. The molecule has 0 atom stereocenters. The number of carbonyl (C=O) groups excluding carboxylic acids is 2. The smallest absolute Gasteiger partial charge is 0.272 e. The highest BCUT2D eigenvalue weighted by molar-refractivity contribution is 6.09. The van der Waals surface area contributed by atoms with E-state index in [1.54, 1.807) is 38.2 Å². The number of pyridine rings is 1. The lowest BCUT2D eigenvalue weighted by atomic mass is 9.82. The van der Waals surface area contributed by atoms with E-state index in [1.807, 2.05) is 0 Å². The molecular weight excluding hydrogens is 567 g/mol. The SMILES string of the molecule is Cc1cc(CN2C(=O)C(c3ccc(F)cc3)(c3ccc(F)cc3)N=C2N)cc(C(=O)N(C)Cc2ccc(F)cc2)n1.Cl. The molecule has 0 saturated heterocycles. The van der Waals surface area contributed by atoms with Crippen LogP contribution < -0.4 is 5.73 Å². The van der Waals surface area contributed by atoms with Crippen LogP contribution in [0.4, 0.5) is 13.2 Å². The number of benzene rings is 3. The van der Waals surface area contributed by atoms with Crippen LogP contribution in [-0.4, -0.2) is 39.6 Å². The molecule has 0 aliphatic carbocycles. The predicted octanol–water partition coefficient (Wildman–Crippen LogP) is 5.10. The quantitative estimate of drug-likeness (QED) is 0.323. The Bertz CT molecular complexity index is 1600. The summed E-state index contributed by atoms with van der Waals surface area (Å²) >= 11 is 0. The fourth-order valence-electron chi connectivity index (χ4n) is 4.91. The van der Waals surface area contributed by atoms with Gasteiger partial charge in [0.15, 0.2) is 11.5 Å². The van der Waals surface area contributed by atoms with Crippen molar-refractivity contribution in [1.29, 1.82) is 0 Å². The Labute approximate surface area is 246 Å². The third kappa shape index (κ3) is 5.84. The first-order valence-corrected chi connectivity index (χ1v) is 12.7. The van der Waals surface area contributed by atoms with Crippen molar-refractivity contribution in [2.45, 2.75) is 25.6 Å². The van der Waals surface area contributed by atoms with Gasteiger partial charge in [0, 0.05) is 19.3 Å². The number of amides is 2. The topological polar surface area (TPSA) is 91.9 Å². The molecule has 0 spiro atoms. The molecule has 1 aliphatic rings. The van der Waals surface area contributed by atoms with Crippen LogP contribution in [0.2, 0.25) is 0 Å². The minimum absolute atomic E-state index is 0. The number of aryl methyl sites for hydroxylation is 1. The molecule has 42 heavy (non-hydrogen) atoms. The number of nitrogens with zero attached hydrogens (tertiary/aromatic N) is 4. The minimum atomic E-state index is -1.65. The second-order valence-corrected chi connectivity index (χ2v) is 9.88. The van der Waals surface area contributed by atoms with Crippen LogP contribution in [0.25, 0.3) is 0 Å². The van der Waals surface area contributed by atoms with Crippen LogP contribution >= 0.6 is 12.4 Å². The normalized spacial score (nSPS) is 13.9. The molecule has 11 heteroatoms. The molecule has 7 nitrogen and oxygen atoms in total. The number of rotatable bonds is 7. The van der Waals surface area contributed by atoms with E-state index in [1.165, 1.54) is 70.5 Å². The number of nitrogens with two attached hydrogens (primary N) is 1. The van der Waals surface area contributed by atoms with Gasteiger partial charge in [0.1, 0.15) is 23.1 Å². The van der Waals surface area contributed by atoms with E-state index in [9.17, 15) is 22.8 Å². The van der Waals surface area contributed by atoms with Crippen LogP contribution in [0.1, 0.15) is 38.4 Å². The zero-order chi connectivity index (χ0) is 29.3. The molecule has 4 aromatic rings. The number of aliphatic imine (C=N–C) groups is 1. The van der Waals surface area contributed by atoms with E-state index < -0.39 is 23.1 Å².